The Labute approximate surface area is 141 Å². The highest BCUT2D eigenvalue weighted by Gasteiger charge is 2.18. The standard InChI is InChI=1S/C18H22N2O2S/c1-5-15-20-14(11-23-15)10-19-17(22)16(21)12-6-8-13(9-7-12)18(2,3)4/h6-9,11H,5,10H2,1-4H3,(H,19,22). The first-order chi connectivity index (χ1) is 10.8. The third-order valence-electron chi connectivity index (χ3n) is 3.55. The van der Waals surface area contributed by atoms with Gasteiger partial charge in [-0.1, -0.05) is 52.0 Å². The van der Waals surface area contributed by atoms with Crippen molar-refractivity contribution in [1.29, 1.82) is 0 Å². The third kappa shape index (κ3) is 4.48. The Balaban J connectivity index is 1.98. The molecular weight excluding hydrogens is 308 g/mol. The molecule has 0 aliphatic carbocycles. The number of amides is 1. The van der Waals surface area contributed by atoms with Gasteiger partial charge in [-0.05, 0) is 17.4 Å². The Morgan fingerprint density at radius 2 is 1.83 bits per heavy atom. The zero-order valence-electron chi connectivity index (χ0n) is 14.0. The highest BCUT2D eigenvalue weighted by molar-refractivity contribution is 7.09. The van der Waals surface area contributed by atoms with Crippen LogP contribution in [0, 0.1) is 0 Å². The van der Waals surface area contributed by atoms with E-state index in [0.29, 0.717) is 5.56 Å². The van der Waals surface area contributed by atoms with Crippen molar-refractivity contribution in [3.05, 3.63) is 51.5 Å². The van der Waals surface area contributed by atoms with Crippen LogP contribution in [0.2, 0.25) is 0 Å². The van der Waals surface area contributed by atoms with Gasteiger partial charge in [0, 0.05) is 10.9 Å². The van der Waals surface area contributed by atoms with Crippen LogP contribution in [0.25, 0.3) is 0 Å². The van der Waals surface area contributed by atoms with Gasteiger partial charge < -0.3 is 5.32 Å². The molecular formula is C18H22N2O2S. The van der Waals surface area contributed by atoms with Crippen molar-refractivity contribution in [3.63, 3.8) is 0 Å². The first-order valence-electron chi connectivity index (χ1n) is 7.67. The van der Waals surface area contributed by atoms with Crippen molar-refractivity contribution in [2.75, 3.05) is 0 Å². The van der Waals surface area contributed by atoms with Gasteiger partial charge in [-0.25, -0.2) is 4.98 Å². The Hall–Kier alpha value is -2.01. The van der Waals surface area contributed by atoms with Gasteiger partial charge in [-0.2, -0.15) is 0 Å². The van der Waals surface area contributed by atoms with Crippen LogP contribution < -0.4 is 5.32 Å². The molecule has 0 atom stereocenters. The van der Waals surface area contributed by atoms with Crippen LogP contribution in [0.15, 0.2) is 29.6 Å². The number of nitrogens with zero attached hydrogens (tertiary/aromatic N) is 1. The largest absolute Gasteiger partial charge is 0.343 e. The minimum atomic E-state index is -0.598. The van der Waals surface area contributed by atoms with E-state index >= 15 is 0 Å². The van der Waals surface area contributed by atoms with E-state index in [1.165, 1.54) is 0 Å². The maximum absolute atomic E-state index is 12.2. The molecule has 5 heteroatoms. The van der Waals surface area contributed by atoms with Crippen LogP contribution in [0.4, 0.5) is 0 Å². The summed E-state index contributed by atoms with van der Waals surface area (Å²) in [5, 5.41) is 5.57. The molecule has 23 heavy (non-hydrogen) atoms. The molecule has 1 aromatic carbocycles. The second-order valence-corrected chi connectivity index (χ2v) is 7.37. The van der Waals surface area contributed by atoms with Crippen LogP contribution in [0.3, 0.4) is 0 Å². The summed E-state index contributed by atoms with van der Waals surface area (Å²) in [6, 6.07) is 7.21. The molecule has 4 nitrogen and oxygen atoms in total. The minimum absolute atomic E-state index is 0.0193. The smallest absolute Gasteiger partial charge is 0.292 e. The van der Waals surface area contributed by atoms with E-state index in [-0.39, 0.29) is 12.0 Å². The Bertz CT molecular complexity index is 697. The minimum Gasteiger partial charge on any atom is -0.343 e. The molecule has 2 aromatic rings. The van der Waals surface area contributed by atoms with Gasteiger partial charge >= 0.3 is 0 Å². The van der Waals surface area contributed by atoms with Crippen LogP contribution >= 0.6 is 11.3 Å². The molecule has 0 aliphatic heterocycles. The van der Waals surface area contributed by atoms with Crippen LogP contribution in [-0.2, 0) is 23.2 Å². The van der Waals surface area contributed by atoms with Crippen molar-refractivity contribution >= 4 is 23.0 Å². The molecule has 1 heterocycles. The van der Waals surface area contributed by atoms with E-state index in [1.807, 2.05) is 24.4 Å². The predicted octanol–water partition coefficient (Wildman–Crippen LogP) is 3.50. The number of carbonyl (C=O) groups excluding carboxylic acids is 2. The topological polar surface area (TPSA) is 59.1 Å². The van der Waals surface area contributed by atoms with Gasteiger partial charge in [-0.3, -0.25) is 9.59 Å². The van der Waals surface area contributed by atoms with Crippen molar-refractivity contribution in [3.8, 4) is 0 Å². The quantitative estimate of drug-likeness (QED) is 0.674. The van der Waals surface area contributed by atoms with Gasteiger partial charge in [0.05, 0.1) is 17.2 Å². The first kappa shape index (κ1) is 17.3. The molecule has 0 fully saturated rings. The molecule has 0 saturated carbocycles. The summed E-state index contributed by atoms with van der Waals surface area (Å²) >= 11 is 1.56. The second-order valence-electron chi connectivity index (χ2n) is 6.43. The van der Waals surface area contributed by atoms with Crippen molar-refractivity contribution in [2.45, 2.75) is 46.1 Å². The fourth-order valence-corrected chi connectivity index (χ4v) is 2.84. The van der Waals surface area contributed by atoms with E-state index in [1.54, 1.807) is 23.5 Å². The molecule has 0 radical (unpaired) electrons. The summed E-state index contributed by atoms with van der Waals surface area (Å²) in [6.45, 7) is 8.63. The molecule has 1 amide bonds. The van der Waals surface area contributed by atoms with Crippen molar-refractivity contribution in [1.82, 2.24) is 10.3 Å². The van der Waals surface area contributed by atoms with Crippen molar-refractivity contribution < 1.29 is 9.59 Å². The Morgan fingerprint density at radius 1 is 1.17 bits per heavy atom. The number of thiazole rings is 1. The lowest BCUT2D eigenvalue weighted by atomic mass is 9.86. The highest BCUT2D eigenvalue weighted by Crippen LogP contribution is 2.22. The second kappa shape index (κ2) is 7.04. The van der Waals surface area contributed by atoms with Gasteiger partial charge in [0.25, 0.3) is 5.91 Å². The summed E-state index contributed by atoms with van der Waals surface area (Å²) in [4.78, 5) is 28.5. The Morgan fingerprint density at radius 3 is 2.35 bits per heavy atom. The lowest BCUT2D eigenvalue weighted by molar-refractivity contribution is -0.117. The summed E-state index contributed by atoms with van der Waals surface area (Å²) in [6.07, 6.45) is 0.873. The number of carbonyl (C=O) groups is 2. The number of Topliss-reactive ketones (excluding diaryl/α,β-unsaturated/α-hetero) is 1. The Kier molecular flexibility index (Phi) is 5.31. The number of hydrogen-bond donors (Lipinski definition) is 1. The van der Waals surface area contributed by atoms with Crippen LogP contribution in [0.1, 0.15) is 54.3 Å². The average Bonchev–Trinajstić information content (AvgIpc) is 2.99. The zero-order valence-corrected chi connectivity index (χ0v) is 14.8. The molecule has 1 aromatic heterocycles. The van der Waals surface area contributed by atoms with E-state index in [9.17, 15) is 9.59 Å². The van der Waals surface area contributed by atoms with E-state index in [0.717, 1.165) is 22.7 Å². The summed E-state index contributed by atoms with van der Waals surface area (Å²) < 4.78 is 0. The SMILES string of the molecule is CCc1nc(CNC(=O)C(=O)c2ccc(C(C)(C)C)cc2)cs1. The molecule has 0 aliphatic rings. The fourth-order valence-electron chi connectivity index (χ4n) is 2.10. The lowest BCUT2D eigenvalue weighted by Gasteiger charge is -2.18. The zero-order chi connectivity index (χ0) is 17.0. The van der Waals surface area contributed by atoms with Crippen LogP contribution in [0.5, 0.6) is 0 Å². The number of nitrogens with one attached hydrogen (secondary N) is 1. The number of ketones is 1. The molecule has 2 rings (SSSR count). The first-order valence-corrected chi connectivity index (χ1v) is 8.55. The number of benzene rings is 1. The molecule has 0 saturated heterocycles. The van der Waals surface area contributed by atoms with E-state index in [2.05, 4.69) is 31.1 Å². The molecule has 122 valence electrons. The molecule has 0 unspecified atom stereocenters. The highest BCUT2D eigenvalue weighted by atomic mass is 32.1. The maximum atomic E-state index is 12.2. The maximum Gasteiger partial charge on any atom is 0.292 e. The number of rotatable bonds is 5. The summed E-state index contributed by atoms with van der Waals surface area (Å²) in [5.74, 6) is -1.11. The van der Waals surface area contributed by atoms with Gasteiger partial charge in [-0.15, -0.1) is 11.3 Å². The normalized spacial score (nSPS) is 11.3. The summed E-state index contributed by atoms with van der Waals surface area (Å²) in [7, 11) is 0. The fraction of sp³-hybridized carbons (Fsp3) is 0.389. The van der Waals surface area contributed by atoms with Gasteiger partial charge in [0.1, 0.15) is 0 Å². The van der Waals surface area contributed by atoms with Gasteiger partial charge in [0.15, 0.2) is 0 Å². The summed E-state index contributed by atoms with van der Waals surface area (Å²) in [5.41, 5.74) is 2.34. The number of aryl methyl sites for hydroxylation is 1. The van der Waals surface area contributed by atoms with E-state index < -0.39 is 11.7 Å². The van der Waals surface area contributed by atoms with Gasteiger partial charge in [0.2, 0.25) is 5.78 Å². The number of hydrogen-bond acceptors (Lipinski definition) is 4. The average molecular weight is 330 g/mol. The number of aromatic nitrogens is 1. The lowest BCUT2D eigenvalue weighted by Crippen LogP contribution is -2.30. The van der Waals surface area contributed by atoms with Crippen LogP contribution in [-0.4, -0.2) is 16.7 Å². The molecule has 0 bridgehead atoms. The molecule has 0 spiro atoms. The predicted molar refractivity (Wildman–Crippen MR) is 92.8 cm³/mol. The molecule has 1 N–H and O–H groups in total. The van der Waals surface area contributed by atoms with Crippen molar-refractivity contribution in [2.24, 2.45) is 0 Å². The monoisotopic (exact) mass is 330 g/mol. The third-order valence-corrected chi connectivity index (χ3v) is 4.59. The van der Waals surface area contributed by atoms with E-state index in [4.69, 9.17) is 0 Å².